The number of hydrogen-bond donors (Lipinski definition) is 2. The molecule has 0 aliphatic heterocycles. The fourth-order valence-corrected chi connectivity index (χ4v) is 3.87. The molecule has 108 valence electrons. The van der Waals surface area contributed by atoms with Crippen molar-refractivity contribution in [1.82, 2.24) is 5.32 Å². The van der Waals surface area contributed by atoms with Gasteiger partial charge >= 0.3 is 0 Å². The summed E-state index contributed by atoms with van der Waals surface area (Å²) in [6, 6.07) is 13.6. The first-order chi connectivity index (χ1) is 10.1. The third kappa shape index (κ3) is 3.00. The number of amides is 1. The number of aliphatic hydroxyl groups is 1. The van der Waals surface area contributed by atoms with E-state index in [1.165, 1.54) is 22.7 Å². The van der Waals surface area contributed by atoms with E-state index in [1.54, 1.807) is 6.92 Å². The minimum atomic E-state index is -1.04. The van der Waals surface area contributed by atoms with Gasteiger partial charge in [0.1, 0.15) is 5.60 Å². The highest BCUT2D eigenvalue weighted by molar-refractivity contribution is 7.20. The lowest BCUT2D eigenvalue weighted by Crippen LogP contribution is -2.37. The number of rotatable bonds is 4. The van der Waals surface area contributed by atoms with Gasteiger partial charge in [0.15, 0.2) is 0 Å². The third-order valence-electron chi connectivity index (χ3n) is 3.29. The molecule has 5 heteroatoms. The lowest BCUT2D eigenvalue weighted by molar-refractivity contribution is 0.0558. The summed E-state index contributed by atoms with van der Waals surface area (Å²) in [5.74, 6) is -0.145. The van der Waals surface area contributed by atoms with Crippen LogP contribution in [0, 0.1) is 0 Å². The minimum Gasteiger partial charge on any atom is -0.383 e. The largest absolute Gasteiger partial charge is 0.383 e. The monoisotopic (exact) mass is 317 g/mol. The number of benzene rings is 1. The van der Waals surface area contributed by atoms with Crippen LogP contribution in [0.4, 0.5) is 0 Å². The lowest BCUT2D eigenvalue weighted by atomic mass is 10.1. The lowest BCUT2D eigenvalue weighted by Gasteiger charge is -2.22. The zero-order valence-corrected chi connectivity index (χ0v) is 13.1. The number of carbonyl (C=O) groups is 1. The van der Waals surface area contributed by atoms with Gasteiger partial charge in [0.2, 0.25) is 0 Å². The van der Waals surface area contributed by atoms with Crippen molar-refractivity contribution in [3.63, 3.8) is 0 Å². The highest BCUT2D eigenvalue weighted by Gasteiger charge is 2.25. The van der Waals surface area contributed by atoms with E-state index in [0.29, 0.717) is 4.88 Å². The van der Waals surface area contributed by atoms with Crippen LogP contribution in [-0.4, -0.2) is 17.6 Å². The Bertz CT molecular complexity index is 727. The topological polar surface area (TPSA) is 49.3 Å². The van der Waals surface area contributed by atoms with Crippen LogP contribution in [0.15, 0.2) is 47.8 Å². The van der Waals surface area contributed by atoms with Gasteiger partial charge in [0, 0.05) is 9.58 Å². The molecular weight excluding hydrogens is 302 g/mol. The molecular formula is C16H15NO2S2. The third-order valence-corrected chi connectivity index (χ3v) is 5.53. The van der Waals surface area contributed by atoms with Crippen LogP contribution in [-0.2, 0) is 5.60 Å². The molecule has 1 atom stereocenters. The van der Waals surface area contributed by atoms with Crippen molar-refractivity contribution in [3.8, 4) is 0 Å². The van der Waals surface area contributed by atoms with Crippen molar-refractivity contribution in [2.75, 3.05) is 6.54 Å². The quantitative estimate of drug-likeness (QED) is 0.772. The van der Waals surface area contributed by atoms with E-state index in [-0.39, 0.29) is 12.5 Å². The Labute approximate surface area is 130 Å². The van der Waals surface area contributed by atoms with Gasteiger partial charge in [-0.1, -0.05) is 24.3 Å². The molecule has 1 aromatic carbocycles. The number of thiophene rings is 2. The average molecular weight is 317 g/mol. The van der Waals surface area contributed by atoms with Crippen LogP contribution in [0.5, 0.6) is 0 Å². The second kappa shape index (κ2) is 5.60. The Morgan fingerprint density at radius 3 is 2.81 bits per heavy atom. The molecule has 0 spiro atoms. The Balaban J connectivity index is 1.72. The summed E-state index contributed by atoms with van der Waals surface area (Å²) in [7, 11) is 0. The molecule has 21 heavy (non-hydrogen) atoms. The van der Waals surface area contributed by atoms with E-state index in [2.05, 4.69) is 5.32 Å². The standard InChI is InChI=1S/C16H15NO2S2/c1-16(19,14-7-4-8-20-14)10-17-15(18)13-9-11-5-2-3-6-12(11)21-13/h2-9,19H,10H2,1H3,(H,17,18). The van der Waals surface area contributed by atoms with Crippen LogP contribution < -0.4 is 5.32 Å². The second-order valence-electron chi connectivity index (χ2n) is 5.08. The van der Waals surface area contributed by atoms with Crippen molar-refractivity contribution < 1.29 is 9.90 Å². The van der Waals surface area contributed by atoms with Crippen LogP contribution in [0.1, 0.15) is 21.5 Å². The van der Waals surface area contributed by atoms with Crippen LogP contribution in [0.3, 0.4) is 0 Å². The summed E-state index contributed by atoms with van der Waals surface area (Å²) >= 11 is 2.94. The molecule has 0 bridgehead atoms. The van der Waals surface area contributed by atoms with E-state index >= 15 is 0 Å². The summed E-state index contributed by atoms with van der Waals surface area (Å²) in [6.45, 7) is 1.91. The van der Waals surface area contributed by atoms with E-state index < -0.39 is 5.60 Å². The molecule has 0 aliphatic carbocycles. The Hall–Kier alpha value is -1.69. The van der Waals surface area contributed by atoms with E-state index in [9.17, 15) is 9.90 Å². The number of hydrogen-bond acceptors (Lipinski definition) is 4. The Kier molecular flexibility index (Phi) is 3.80. The summed E-state index contributed by atoms with van der Waals surface area (Å²) < 4.78 is 1.09. The van der Waals surface area contributed by atoms with Gasteiger partial charge in [-0.25, -0.2) is 0 Å². The first-order valence-electron chi connectivity index (χ1n) is 6.59. The summed E-state index contributed by atoms with van der Waals surface area (Å²) in [4.78, 5) is 13.7. The Morgan fingerprint density at radius 1 is 1.29 bits per heavy atom. The molecule has 0 saturated carbocycles. The van der Waals surface area contributed by atoms with Crippen molar-refractivity contribution in [1.29, 1.82) is 0 Å². The molecule has 0 aliphatic rings. The predicted molar refractivity (Wildman–Crippen MR) is 88.0 cm³/mol. The van der Waals surface area contributed by atoms with Crippen molar-refractivity contribution >= 4 is 38.7 Å². The maximum absolute atomic E-state index is 12.2. The predicted octanol–water partition coefficient (Wildman–Crippen LogP) is 3.60. The van der Waals surface area contributed by atoms with Crippen LogP contribution >= 0.6 is 22.7 Å². The zero-order chi connectivity index (χ0) is 14.9. The van der Waals surface area contributed by atoms with Gasteiger partial charge in [-0.05, 0) is 35.9 Å². The zero-order valence-electron chi connectivity index (χ0n) is 11.5. The average Bonchev–Trinajstić information content (AvgIpc) is 3.13. The smallest absolute Gasteiger partial charge is 0.261 e. The molecule has 3 nitrogen and oxygen atoms in total. The van der Waals surface area contributed by atoms with Gasteiger partial charge in [-0.15, -0.1) is 22.7 Å². The van der Waals surface area contributed by atoms with E-state index in [4.69, 9.17) is 0 Å². The Morgan fingerprint density at radius 2 is 2.10 bits per heavy atom. The van der Waals surface area contributed by atoms with Gasteiger partial charge < -0.3 is 10.4 Å². The highest BCUT2D eigenvalue weighted by atomic mass is 32.1. The maximum atomic E-state index is 12.2. The SMILES string of the molecule is CC(O)(CNC(=O)c1cc2ccccc2s1)c1cccs1. The molecule has 1 amide bonds. The first kappa shape index (κ1) is 14.3. The molecule has 2 heterocycles. The van der Waals surface area contributed by atoms with Gasteiger partial charge in [-0.2, -0.15) is 0 Å². The summed E-state index contributed by atoms with van der Waals surface area (Å²) in [6.07, 6.45) is 0. The molecule has 3 aromatic rings. The molecule has 2 aromatic heterocycles. The van der Waals surface area contributed by atoms with Gasteiger partial charge in [0.05, 0.1) is 11.4 Å². The van der Waals surface area contributed by atoms with Crippen LogP contribution in [0.2, 0.25) is 0 Å². The normalized spacial score (nSPS) is 14.0. The number of carbonyl (C=O) groups excluding carboxylic acids is 1. The number of nitrogens with one attached hydrogen (secondary N) is 1. The summed E-state index contributed by atoms with van der Waals surface area (Å²) in [5.41, 5.74) is -1.04. The van der Waals surface area contributed by atoms with Crippen molar-refractivity contribution in [2.24, 2.45) is 0 Å². The first-order valence-corrected chi connectivity index (χ1v) is 8.29. The fraction of sp³-hybridized carbons (Fsp3) is 0.188. The van der Waals surface area contributed by atoms with E-state index in [1.807, 2.05) is 47.8 Å². The fourth-order valence-electron chi connectivity index (χ4n) is 2.11. The highest BCUT2D eigenvalue weighted by Crippen LogP contribution is 2.26. The van der Waals surface area contributed by atoms with Gasteiger partial charge in [0.25, 0.3) is 5.91 Å². The maximum Gasteiger partial charge on any atom is 0.261 e. The van der Waals surface area contributed by atoms with Crippen molar-refractivity contribution in [3.05, 3.63) is 57.6 Å². The minimum absolute atomic E-state index is 0.145. The molecule has 0 saturated heterocycles. The van der Waals surface area contributed by atoms with E-state index in [0.717, 1.165) is 15.0 Å². The summed E-state index contributed by atoms with van der Waals surface area (Å²) in [5, 5.41) is 16.2. The molecule has 1 unspecified atom stereocenters. The van der Waals surface area contributed by atoms with Gasteiger partial charge in [-0.3, -0.25) is 4.79 Å². The molecule has 0 fully saturated rings. The number of fused-ring (bicyclic) bond motifs is 1. The van der Waals surface area contributed by atoms with Crippen molar-refractivity contribution in [2.45, 2.75) is 12.5 Å². The molecule has 0 radical (unpaired) electrons. The molecule has 3 rings (SSSR count). The second-order valence-corrected chi connectivity index (χ2v) is 7.11. The molecule has 2 N–H and O–H groups in total. The van der Waals surface area contributed by atoms with Crippen LogP contribution in [0.25, 0.3) is 10.1 Å².